The molecule has 0 saturated heterocycles. The molecule has 1 heterocycles. The van der Waals surface area contributed by atoms with E-state index in [9.17, 15) is 0 Å². The van der Waals surface area contributed by atoms with Gasteiger partial charge < -0.3 is 0 Å². The Morgan fingerprint density at radius 1 is 1.67 bits per heavy atom. The fourth-order valence-electron chi connectivity index (χ4n) is 0.217. The third-order valence-corrected chi connectivity index (χ3v) is 1.20. The molecule has 0 aliphatic heterocycles. The van der Waals surface area contributed by atoms with E-state index in [0.717, 1.165) is 22.8 Å². The molecule has 0 unspecified atom stereocenters. The van der Waals surface area contributed by atoms with Crippen LogP contribution < -0.4 is 0 Å². The van der Waals surface area contributed by atoms with Crippen LogP contribution in [0.4, 0.5) is 0 Å². The molecule has 0 spiro atoms. The summed E-state index contributed by atoms with van der Waals surface area (Å²) in [6.45, 7) is 0. The van der Waals surface area contributed by atoms with E-state index in [-0.39, 0.29) is 0 Å². The van der Waals surface area contributed by atoms with Crippen LogP contribution in [0.15, 0.2) is 12.7 Å². The summed E-state index contributed by atoms with van der Waals surface area (Å²) in [6, 6.07) is 0. The first-order chi connectivity index (χ1) is 2.89. The van der Waals surface area contributed by atoms with Gasteiger partial charge in [-0.2, -0.15) is 0 Å². The first-order valence-corrected chi connectivity index (χ1v) is 2.96. The first-order valence-electron chi connectivity index (χ1n) is 1.49. The van der Waals surface area contributed by atoms with Gasteiger partial charge in [0.05, 0.1) is 0 Å². The molecule has 0 N–H and O–H groups in total. The van der Waals surface area contributed by atoms with Crippen molar-refractivity contribution in [2.24, 2.45) is 0 Å². The van der Waals surface area contributed by atoms with Gasteiger partial charge in [-0.1, -0.05) is 0 Å². The van der Waals surface area contributed by atoms with Crippen molar-refractivity contribution in [2.75, 3.05) is 0 Å². The van der Waals surface area contributed by atoms with Crippen LogP contribution in [0.1, 0.15) is 0 Å². The zero-order chi connectivity index (χ0) is 4.41. The molecule has 30 valence electrons. The quantitative estimate of drug-likeness (QED) is 0.485. The molecule has 1 aromatic rings. The van der Waals surface area contributed by atoms with Gasteiger partial charge in [-0.3, -0.25) is 0 Å². The van der Waals surface area contributed by atoms with Crippen LogP contribution >= 0.6 is 0 Å². The van der Waals surface area contributed by atoms with Gasteiger partial charge in [0.1, 0.15) is 0 Å². The van der Waals surface area contributed by atoms with Gasteiger partial charge in [0.15, 0.2) is 0 Å². The van der Waals surface area contributed by atoms with Gasteiger partial charge in [-0.15, -0.1) is 0 Å². The predicted octanol–water partition coefficient (Wildman–Crippen LogP) is -1.06. The van der Waals surface area contributed by atoms with E-state index in [4.69, 9.17) is 0 Å². The first kappa shape index (κ1) is 4.11. The molecular weight excluding hydrogens is 185 g/mol. The summed E-state index contributed by atoms with van der Waals surface area (Å²) in [6.07, 6.45) is 3.23. The standard InChI is InChI=1S/C2H2N3.Sn.H/c1-3-2-5-4-1;;/h1-2H;;/q-1;+1;. The minimum atomic E-state index is 0.996. The fourth-order valence-corrected chi connectivity index (χ4v) is 0.607. The summed E-state index contributed by atoms with van der Waals surface area (Å²) < 4.78 is 1.77. The van der Waals surface area contributed by atoms with E-state index in [1.165, 1.54) is 6.33 Å². The van der Waals surface area contributed by atoms with Crippen molar-refractivity contribution in [1.29, 1.82) is 0 Å². The molecule has 0 bridgehead atoms. The molecule has 6 heavy (non-hydrogen) atoms. The van der Waals surface area contributed by atoms with Crippen molar-refractivity contribution in [3.05, 3.63) is 12.7 Å². The molecule has 0 aromatic carbocycles. The molecule has 0 fully saturated rings. The van der Waals surface area contributed by atoms with Gasteiger partial charge in [0.2, 0.25) is 0 Å². The number of nitrogens with zero attached hydrogens (tertiary/aromatic N) is 3. The van der Waals surface area contributed by atoms with Gasteiger partial charge in [-0.05, 0) is 0 Å². The van der Waals surface area contributed by atoms with Crippen LogP contribution in [0.3, 0.4) is 0 Å². The average molecular weight is 188 g/mol. The van der Waals surface area contributed by atoms with Gasteiger partial charge in [0, 0.05) is 0 Å². The Balaban J connectivity index is 3.05. The second kappa shape index (κ2) is 1.59. The SMILES string of the molecule is [SnH][n]1cncn1. The van der Waals surface area contributed by atoms with Crippen molar-refractivity contribution in [2.45, 2.75) is 0 Å². The molecule has 1 rings (SSSR count). The summed E-state index contributed by atoms with van der Waals surface area (Å²) in [5.74, 6) is 0. The topological polar surface area (TPSA) is 30.7 Å². The van der Waals surface area contributed by atoms with E-state index < -0.39 is 0 Å². The molecular formula is C2H3N3Sn. The normalized spacial score (nSPS) is 8.83. The van der Waals surface area contributed by atoms with E-state index in [1.807, 2.05) is 0 Å². The molecule has 0 saturated carbocycles. The van der Waals surface area contributed by atoms with Crippen molar-refractivity contribution in [3.8, 4) is 0 Å². The molecule has 4 heteroatoms. The Morgan fingerprint density at radius 2 is 2.50 bits per heavy atom. The molecule has 0 atom stereocenters. The summed E-state index contributed by atoms with van der Waals surface area (Å²) in [4.78, 5) is 3.71. The number of hydrogen-bond acceptors (Lipinski definition) is 2. The Morgan fingerprint density at radius 3 is 2.67 bits per heavy atom. The number of rotatable bonds is 0. The van der Waals surface area contributed by atoms with Gasteiger partial charge in [-0.25, -0.2) is 0 Å². The molecule has 0 aliphatic carbocycles. The van der Waals surface area contributed by atoms with Crippen LogP contribution in [0, 0.1) is 0 Å². The average Bonchev–Trinajstić information content (AvgIpc) is 1.86. The second-order valence-electron chi connectivity index (χ2n) is 0.875. The van der Waals surface area contributed by atoms with Crippen LogP contribution in [0.25, 0.3) is 0 Å². The molecule has 2 radical (unpaired) electrons. The summed E-state index contributed by atoms with van der Waals surface area (Å²) in [5.41, 5.74) is 0. The van der Waals surface area contributed by atoms with Crippen molar-refractivity contribution >= 4 is 22.8 Å². The predicted molar refractivity (Wildman–Crippen MR) is 22.6 cm³/mol. The Bertz CT molecular complexity index is 112. The van der Waals surface area contributed by atoms with Crippen molar-refractivity contribution < 1.29 is 0 Å². The van der Waals surface area contributed by atoms with Gasteiger partial charge >= 0.3 is 48.4 Å². The number of hydrogen-bond donors (Lipinski definition) is 0. The van der Waals surface area contributed by atoms with Crippen LogP contribution in [-0.2, 0) is 0 Å². The van der Waals surface area contributed by atoms with E-state index in [0.29, 0.717) is 0 Å². The molecule has 1 aromatic heterocycles. The summed E-state index contributed by atoms with van der Waals surface area (Å²) >= 11 is 0.996. The molecule has 0 amide bonds. The van der Waals surface area contributed by atoms with E-state index >= 15 is 0 Å². The minimum absolute atomic E-state index is 0.996. The monoisotopic (exact) mass is 189 g/mol. The van der Waals surface area contributed by atoms with Crippen molar-refractivity contribution in [3.63, 3.8) is 0 Å². The maximum absolute atomic E-state index is 3.78. The van der Waals surface area contributed by atoms with Crippen LogP contribution in [0.2, 0.25) is 0 Å². The zero-order valence-corrected chi connectivity index (χ0v) is 6.37. The van der Waals surface area contributed by atoms with E-state index in [1.54, 1.807) is 9.23 Å². The third-order valence-electron chi connectivity index (χ3n) is 0.437. The number of aromatic nitrogens is 3. The summed E-state index contributed by atoms with van der Waals surface area (Å²) in [5, 5.41) is 3.78. The summed E-state index contributed by atoms with van der Waals surface area (Å²) in [7, 11) is 0. The van der Waals surface area contributed by atoms with Crippen molar-refractivity contribution in [1.82, 2.24) is 13.0 Å². The fraction of sp³-hybridized carbons (Fsp3) is 0. The maximum atomic E-state index is 3.78. The Hall–Kier alpha value is -0.0613. The molecule has 3 nitrogen and oxygen atoms in total. The Kier molecular flexibility index (Phi) is 1.09. The van der Waals surface area contributed by atoms with Crippen LogP contribution in [-0.4, -0.2) is 35.8 Å². The molecule has 0 aliphatic rings. The second-order valence-corrected chi connectivity index (χ2v) is 2.39. The third kappa shape index (κ3) is 0.706. The van der Waals surface area contributed by atoms with E-state index in [2.05, 4.69) is 10.1 Å². The van der Waals surface area contributed by atoms with Crippen LogP contribution in [0.5, 0.6) is 0 Å². The zero-order valence-electron chi connectivity index (χ0n) is 3.07. The van der Waals surface area contributed by atoms with Gasteiger partial charge in [0.25, 0.3) is 0 Å². The Labute approximate surface area is 48.8 Å².